The number of aromatic nitrogens is 2. The van der Waals surface area contributed by atoms with E-state index in [1.165, 1.54) is 30.9 Å². The van der Waals surface area contributed by atoms with Gasteiger partial charge in [0, 0.05) is 17.1 Å². The van der Waals surface area contributed by atoms with Crippen molar-refractivity contribution in [1.82, 2.24) is 14.5 Å². The highest BCUT2D eigenvalue weighted by molar-refractivity contribution is 6.31. The molecule has 1 N–H and O–H groups in total. The quantitative estimate of drug-likeness (QED) is 0.559. The Hall–Kier alpha value is -3.26. The first-order valence-corrected chi connectivity index (χ1v) is 10.6. The van der Waals surface area contributed by atoms with Crippen molar-refractivity contribution in [3.05, 3.63) is 67.8 Å². The molecular weight excluding hydrogens is 434 g/mol. The highest BCUT2D eigenvalue weighted by Crippen LogP contribution is 2.30. The molecule has 0 bridgehead atoms. The topological polar surface area (TPSA) is 91.6 Å². The maximum absolute atomic E-state index is 13.4. The van der Waals surface area contributed by atoms with Gasteiger partial charge in [0.05, 0.1) is 31.7 Å². The molecule has 0 spiro atoms. The van der Waals surface area contributed by atoms with E-state index in [1.54, 1.807) is 24.3 Å². The first kappa shape index (κ1) is 23.4. The number of carbonyl (C=O) groups is 1. The fraction of sp³-hybridized carbons (Fsp3) is 0.348. The van der Waals surface area contributed by atoms with Crippen LogP contribution in [-0.4, -0.2) is 35.3 Å². The number of fused-ring (bicyclic) bond motifs is 1. The van der Waals surface area contributed by atoms with Crippen molar-refractivity contribution in [2.45, 2.75) is 39.4 Å². The Morgan fingerprint density at radius 2 is 1.75 bits per heavy atom. The molecule has 8 nitrogen and oxygen atoms in total. The van der Waals surface area contributed by atoms with Gasteiger partial charge in [0.2, 0.25) is 5.91 Å². The zero-order valence-corrected chi connectivity index (χ0v) is 19.2. The SMILES string of the molecule is CC[C@H](C)NC(=O)Cn1c(=O)n(Cc2ccccc2Cl)c(=O)c2cc(OC)c(OC)cc21. The number of benzene rings is 2. The fourth-order valence-corrected chi connectivity index (χ4v) is 3.59. The molecular formula is C23H26ClN3O5. The van der Waals surface area contributed by atoms with E-state index in [0.29, 0.717) is 22.1 Å². The molecule has 0 saturated carbocycles. The minimum atomic E-state index is -0.617. The fourth-order valence-electron chi connectivity index (χ4n) is 3.40. The second-order valence-electron chi connectivity index (χ2n) is 7.45. The van der Waals surface area contributed by atoms with Gasteiger partial charge in [0.1, 0.15) is 6.54 Å². The van der Waals surface area contributed by atoms with Crippen molar-refractivity contribution < 1.29 is 14.3 Å². The van der Waals surface area contributed by atoms with Gasteiger partial charge in [0.25, 0.3) is 5.56 Å². The molecule has 0 saturated heterocycles. The molecule has 0 radical (unpaired) electrons. The molecule has 1 aromatic heterocycles. The van der Waals surface area contributed by atoms with Gasteiger partial charge in [-0.25, -0.2) is 4.79 Å². The Labute approximate surface area is 190 Å². The number of hydrogen-bond acceptors (Lipinski definition) is 5. The van der Waals surface area contributed by atoms with Gasteiger partial charge >= 0.3 is 5.69 Å². The van der Waals surface area contributed by atoms with E-state index < -0.39 is 11.2 Å². The molecule has 1 atom stereocenters. The van der Waals surface area contributed by atoms with Crippen LogP contribution in [0.25, 0.3) is 10.9 Å². The first-order valence-electron chi connectivity index (χ1n) is 10.2. The van der Waals surface area contributed by atoms with Crippen LogP contribution in [0.15, 0.2) is 46.0 Å². The standard InChI is InChI=1S/C23H26ClN3O5/c1-5-14(2)25-21(28)13-26-18-11-20(32-4)19(31-3)10-16(18)22(29)27(23(26)30)12-15-8-6-7-9-17(15)24/h6-11,14H,5,12-13H2,1-4H3,(H,25,28)/t14-/m0/s1. The summed E-state index contributed by atoms with van der Waals surface area (Å²) in [5.74, 6) is 0.356. The smallest absolute Gasteiger partial charge is 0.332 e. The predicted octanol–water partition coefficient (Wildman–Crippen LogP) is 2.80. The Balaban J connectivity index is 2.25. The van der Waals surface area contributed by atoms with Crippen molar-refractivity contribution in [3.8, 4) is 11.5 Å². The van der Waals surface area contributed by atoms with Gasteiger partial charge in [0.15, 0.2) is 11.5 Å². The molecule has 1 amide bonds. The van der Waals surface area contributed by atoms with Crippen LogP contribution in [0.1, 0.15) is 25.8 Å². The first-order chi connectivity index (χ1) is 15.3. The van der Waals surface area contributed by atoms with Crippen molar-refractivity contribution in [1.29, 1.82) is 0 Å². The van der Waals surface area contributed by atoms with Crippen LogP contribution in [0.2, 0.25) is 5.02 Å². The molecule has 0 aliphatic rings. The molecule has 0 aliphatic carbocycles. The second-order valence-corrected chi connectivity index (χ2v) is 7.86. The number of rotatable bonds is 8. The summed E-state index contributed by atoms with van der Waals surface area (Å²) < 4.78 is 13.0. The lowest BCUT2D eigenvalue weighted by atomic mass is 10.2. The van der Waals surface area contributed by atoms with Crippen LogP contribution in [0.3, 0.4) is 0 Å². The molecule has 0 aliphatic heterocycles. The van der Waals surface area contributed by atoms with E-state index in [-0.39, 0.29) is 35.9 Å². The summed E-state index contributed by atoms with van der Waals surface area (Å²) in [6.45, 7) is 3.55. The molecule has 0 unspecified atom stereocenters. The number of halogens is 1. The third kappa shape index (κ3) is 4.65. The molecule has 0 fully saturated rings. The predicted molar refractivity (Wildman–Crippen MR) is 124 cm³/mol. The molecule has 170 valence electrons. The lowest BCUT2D eigenvalue weighted by molar-refractivity contribution is -0.122. The highest BCUT2D eigenvalue weighted by Gasteiger charge is 2.19. The minimum Gasteiger partial charge on any atom is -0.493 e. The zero-order chi connectivity index (χ0) is 23.4. The number of amides is 1. The third-order valence-electron chi connectivity index (χ3n) is 5.34. The van der Waals surface area contributed by atoms with Gasteiger partial charge in [-0.1, -0.05) is 36.7 Å². The monoisotopic (exact) mass is 459 g/mol. The number of hydrogen-bond donors (Lipinski definition) is 1. The lowest BCUT2D eigenvalue weighted by Crippen LogP contribution is -2.44. The van der Waals surface area contributed by atoms with Crippen LogP contribution >= 0.6 is 11.6 Å². The maximum Gasteiger partial charge on any atom is 0.332 e. The Morgan fingerprint density at radius 3 is 2.38 bits per heavy atom. The number of nitrogens with one attached hydrogen (secondary N) is 1. The van der Waals surface area contributed by atoms with E-state index in [1.807, 2.05) is 13.8 Å². The van der Waals surface area contributed by atoms with Crippen LogP contribution in [0.5, 0.6) is 11.5 Å². The van der Waals surface area contributed by atoms with Crippen LogP contribution in [0.4, 0.5) is 0 Å². The molecule has 2 aromatic carbocycles. The third-order valence-corrected chi connectivity index (χ3v) is 5.71. The summed E-state index contributed by atoms with van der Waals surface area (Å²) in [6, 6.07) is 9.98. The second kappa shape index (κ2) is 9.91. The van der Waals surface area contributed by atoms with Gasteiger partial charge in [-0.3, -0.25) is 18.7 Å². The van der Waals surface area contributed by atoms with Gasteiger partial charge in [-0.2, -0.15) is 0 Å². The van der Waals surface area contributed by atoms with Crippen molar-refractivity contribution >= 4 is 28.4 Å². The summed E-state index contributed by atoms with van der Waals surface area (Å²) in [6.07, 6.45) is 0.748. The largest absolute Gasteiger partial charge is 0.493 e. The van der Waals surface area contributed by atoms with E-state index >= 15 is 0 Å². The summed E-state index contributed by atoms with van der Waals surface area (Å²) in [7, 11) is 2.92. The molecule has 3 aromatic rings. The number of ether oxygens (including phenoxy) is 2. The molecule has 1 heterocycles. The Kier molecular flexibility index (Phi) is 7.25. The van der Waals surface area contributed by atoms with E-state index in [4.69, 9.17) is 21.1 Å². The number of carbonyl (C=O) groups excluding carboxylic acids is 1. The minimum absolute atomic E-state index is 0.0331. The Morgan fingerprint density at radius 1 is 1.09 bits per heavy atom. The normalized spacial score (nSPS) is 11.9. The van der Waals surface area contributed by atoms with Gasteiger partial charge in [-0.15, -0.1) is 0 Å². The molecule has 9 heteroatoms. The molecule has 3 rings (SSSR count). The average Bonchev–Trinajstić information content (AvgIpc) is 2.79. The summed E-state index contributed by atoms with van der Waals surface area (Å²) in [4.78, 5) is 39.3. The highest BCUT2D eigenvalue weighted by atomic mass is 35.5. The number of methoxy groups -OCH3 is 2. The van der Waals surface area contributed by atoms with E-state index in [0.717, 1.165) is 11.0 Å². The van der Waals surface area contributed by atoms with Crippen LogP contribution < -0.4 is 26.0 Å². The van der Waals surface area contributed by atoms with E-state index in [9.17, 15) is 14.4 Å². The summed E-state index contributed by atoms with van der Waals surface area (Å²) >= 11 is 6.26. The number of nitrogens with zero attached hydrogens (tertiary/aromatic N) is 2. The van der Waals surface area contributed by atoms with Gasteiger partial charge in [-0.05, 0) is 31.0 Å². The lowest BCUT2D eigenvalue weighted by Gasteiger charge is -2.17. The Bertz CT molecular complexity index is 1260. The maximum atomic E-state index is 13.4. The average molecular weight is 460 g/mol. The summed E-state index contributed by atoms with van der Waals surface area (Å²) in [5.41, 5.74) is -0.227. The molecule has 32 heavy (non-hydrogen) atoms. The van der Waals surface area contributed by atoms with Crippen LogP contribution in [0, 0.1) is 0 Å². The zero-order valence-electron chi connectivity index (χ0n) is 18.5. The van der Waals surface area contributed by atoms with Gasteiger partial charge < -0.3 is 14.8 Å². The summed E-state index contributed by atoms with van der Waals surface area (Å²) in [5, 5.41) is 3.52. The van der Waals surface area contributed by atoms with E-state index in [2.05, 4.69) is 5.32 Å². The van der Waals surface area contributed by atoms with Crippen molar-refractivity contribution in [3.63, 3.8) is 0 Å². The van der Waals surface area contributed by atoms with Crippen molar-refractivity contribution in [2.75, 3.05) is 14.2 Å². The van der Waals surface area contributed by atoms with Crippen LogP contribution in [-0.2, 0) is 17.9 Å². The van der Waals surface area contributed by atoms with Crippen molar-refractivity contribution in [2.24, 2.45) is 0 Å².